The lowest BCUT2D eigenvalue weighted by Gasteiger charge is -2.05. The molecule has 0 aliphatic heterocycles. The highest BCUT2D eigenvalue weighted by Gasteiger charge is 2.04. The van der Waals surface area contributed by atoms with Gasteiger partial charge in [-0.1, -0.05) is 13.0 Å². The Hall–Kier alpha value is -2.30. The van der Waals surface area contributed by atoms with Crippen LogP contribution < -0.4 is 10.5 Å². The number of nitrogens with two attached hydrogens (primary N) is 1. The molecule has 5 heteroatoms. The molecule has 0 heterocycles. The van der Waals surface area contributed by atoms with Crippen molar-refractivity contribution in [2.24, 2.45) is 5.73 Å². The molecule has 0 unspecified atom stereocenters. The van der Waals surface area contributed by atoms with Crippen LogP contribution in [0, 0.1) is 0 Å². The Morgan fingerprint density at radius 1 is 1.44 bits per heavy atom. The third kappa shape index (κ3) is 3.93. The van der Waals surface area contributed by atoms with Gasteiger partial charge in [0.1, 0.15) is 12.4 Å². The molecule has 1 aromatic rings. The molecule has 0 radical (unpaired) electrons. The molecule has 0 saturated heterocycles. The van der Waals surface area contributed by atoms with Crippen LogP contribution in [0.1, 0.15) is 23.7 Å². The maximum atomic E-state index is 10.9. The highest BCUT2D eigenvalue weighted by Crippen LogP contribution is 2.13. The summed E-state index contributed by atoms with van der Waals surface area (Å²) in [6, 6.07) is 6.42. The smallest absolute Gasteiger partial charge is 0.331 e. The van der Waals surface area contributed by atoms with Crippen LogP contribution in [-0.2, 0) is 4.79 Å². The molecule has 1 rings (SSSR count). The van der Waals surface area contributed by atoms with Crippen LogP contribution in [0.4, 0.5) is 0 Å². The van der Waals surface area contributed by atoms with Gasteiger partial charge in [0, 0.05) is 11.1 Å². The van der Waals surface area contributed by atoms with Gasteiger partial charge >= 0.3 is 5.97 Å². The summed E-state index contributed by atoms with van der Waals surface area (Å²) < 4.78 is 5.33. The lowest BCUT2D eigenvalue weighted by molar-refractivity contribution is -0.132. The molecule has 0 spiro atoms. The minimum Gasteiger partial charge on any atom is -0.489 e. The lowest BCUT2D eigenvalue weighted by atomic mass is 10.2. The van der Waals surface area contributed by atoms with E-state index in [1.807, 2.05) is 0 Å². The number of carboxylic acids is 1. The first kappa shape index (κ1) is 13.8. The van der Waals surface area contributed by atoms with E-state index >= 15 is 0 Å². The van der Waals surface area contributed by atoms with E-state index in [9.17, 15) is 9.59 Å². The summed E-state index contributed by atoms with van der Waals surface area (Å²) in [5.74, 6) is -1.01. The quantitative estimate of drug-likeness (QED) is 0.749. The van der Waals surface area contributed by atoms with Crippen molar-refractivity contribution < 1.29 is 19.4 Å². The Kier molecular flexibility index (Phi) is 4.92. The molecule has 0 fully saturated rings. The van der Waals surface area contributed by atoms with E-state index in [4.69, 9.17) is 15.6 Å². The molecule has 0 bridgehead atoms. The zero-order valence-electron chi connectivity index (χ0n) is 10.1. The minimum absolute atomic E-state index is 0.137. The lowest BCUT2D eigenvalue weighted by Crippen LogP contribution is -2.10. The van der Waals surface area contributed by atoms with Crippen LogP contribution >= 0.6 is 0 Å². The Morgan fingerprint density at radius 3 is 2.72 bits per heavy atom. The number of hydrogen-bond acceptors (Lipinski definition) is 3. The van der Waals surface area contributed by atoms with Gasteiger partial charge in [-0.25, -0.2) is 4.79 Å². The number of benzene rings is 1. The average molecular weight is 249 g/mol. The summed E-state index contributed by atoms with van der Waals surface area (Å²) >= 11 is 0. The molecule has 5 nitrogen and oxygen atoms in total. The molecular weight excluding hydrogens is 234 g/mol. The predicted octanol–water partition coefficient (Wildman–Crippen LogP) is 1.59. The zero-order chi connectivity index (χ0) is 13.5. The first-order chi connectivity index (χ1) is 8.54. The van der Waals surface area contributed by atoms with Crippen LogP contribution in [0.25, 0.3) is 0 Å². The van der Waals surface area contributed by atoms with E-state index in [0.717, 1.165) is 0 Å². The van der Waals surface area contributed by atoms with Gasteiger partial charge < -0.3 is 15.6 Å². The molecule has 1 aromatic carbocycles. The number of carboxylic acid groups (broad SMARTS) is 1. The summed E-state index contributed by atoms with van der Waals surface area (Å²) in [6.07, 6.45) is 1.93. The molecule has 96 valence electrons. The van der Waals surface area contributed by atoms with Gasteiger partial charge in [-0.3, -0.25) is 4.79 Å². The van der Waals surface area contributed by atoms with Crippen LogP contribution in [-0.4, -0.2) is 23.6 Å². The third-order valence-electron chi connectivity index (χ3n) is 2.35. The number of carbonyl (C=O) groups is 2. The number of carbonyl (C=O) groups excluding carboxylic acids is 1. The molecule has 0 aliphatic carbocycles. The van der Waals surface area contributed by atoms with Crippen LogP contribution in [0.2, 0.25) is 0 Å². The van der Waals surface area contributed by atoms with Gasteiger partial charge in [0.25, 0.3) is 0 Å². The van der Waals surface area contributed by atoms with E-state index in [1.54, 1.807) is 25.1 Å². The summed E-state index contributed by atoms with van der Waals surface area (Å²) in [4.78, 5) is 21.7. The zero-order valence-corrected chi connectivity index (χ0v) is 10.1. The molecule has 1 amide bonds. The maximum Gasteiger partial charge on any atom is 0.331 e. The number of aliphatic carboxylic acids is 1. The van der Waals surface area contributed by atoms with Gasteiger partial charge in [-0.15, -0.1) is 0 Å². The molecule has 0 saturated carbocycles. The molecule has 0 atom stereocenters. The third-order valence-corrected chi connectivity index (χ3v) is 2.35. The number of hydrogen-bond donors (Lipinski definition) is 2. The van der Waals surface area contributed by atoms with E-state index in [2.05, 4.69) is 0 Å². The second-order valence-electron chi connectivity index (χ2n) is 3.59. The molecule has 18 heavy (non-hydrogen) atoms. The van der Waals surface area contributed by atoms with Crippen LogP contribution in [0.3, 0.4) is 0 Å². The van der Waals surface area contributed by atoms with Crippen molar-refractivity contribution in [3.05, 3.63) is 41.5 Å². The highest BCUT2D eigenvalue weighted by atomic mass is 16.5. The maximum absolute atomic E-state index is 10.9. The van der Waals surface area contributed by atoms with Crippen LogP contribution in [0.15, 0.2) is 35.9 Å². The van der Waals surface area contributed by atoms with Crippen molar-refractivity contribution in [3.8, 4) is 5.75 Å². The van der Waals surface area contributed by atoms with E-state index in [-0.39, 0.29) is 6.61 Å². The van der Waals surface area contributed by atoms with Gasteiger partial charge in [0.05, 0.1) is 0 Å². The molecule has 3 N–H and O–H groups in total. The monoisotopic (exact) mass is 249 g/mol. The fraction of sp³-hybridized carbons (Fsp3) is 0.231. The number of amides is 1. The van der Waals surface area contributed by atoms with Crippen molar-refractivity contribution in [2.75, 3.05) is 6.61 Å². The SMILES string of the molecule is CCC(=CCOc1cccc(C(N)=O)c1)C(=O)O. The number of rotatable bonds is 6. The van der Waals surface area contributed by atoms with Gasteiger partial charge in [0.15, 0.2) is 0 Å². The van der Waals surface area contributed by atoms with Crippen molar-refractivity contribution in [1.29, 1.82) is 0 Å². The van der Waals surface area contributed by atoms with Crippen molar-refractivity contribution in [3.63, 3.8) is 0 Å². The van der Waals surface area contributed by atoms with E-state index in [0.29, 0.717) is 23.3 Å². The Bertz CT molecular complexity index is 480. The van der Waals surface area contributed by atoms with Crippen molar-refractivity contribution in [1.82, 2.24) is 0 Å². The van der Waals surface area contributed by atoms with Crippen molar-refractivity contribution in [2.45, 2.75) is 13.3 Å². The first-order valence-corrected chi connectivity index (χ1v) is 5.49. The summed E-state index contributed by atoms with van der Waals surface area (Å²) in [5, 5.41) is 8.80. The first-order valence-electron chi connectivity index (χ1n) is 5.49. The molecular formula is C13H15NO4. The summed E-state index contributed by atoms with van der Waals surface area (Å²) in [6.45, 7) is 1.89. The Labute approximate surface area is 105 Å². The molecule has 0 aliphatic rings. The van der Waals surface area contributed by atoms with Gasteiger partial charge in [0.2, 0.25) is 5.91 Å². The number of ether oxygens (including phenoxy) is 1. The second-order valence-corrected chi connectivity index (χ2v) is 3.59. The minimum atomic E-state index is -0.952. The van der Waals surface area contributed by atoms with E-state index in [1.165, 1.54) is 12.1 Å². The largest absolute Gasteiger partial charge is 0.489 e. The Balaban J connectivity index is 2.66. The standard InChI is InChI=1S/C13H15NO4/c1-2-9(13(16)17)6-7-18-11-5-3-4-10(8-11)12(14)15/h3-6,8H,2,7H2,1H3,(H2,14,15)(H,16,17). The Morgan fingerprint density at radius 2 is 2.17 bits per heavy atom. The average Bonchev–Trinajstić information content (AvgIpc) is 2.34. The summed E-state index contributed by atoms with van der Waals surface area (Å²) in [5.41, 5.74) is 5.78. The second kappa shape index (κ2) is 6.44. The summed E-state index contributed by atoms with van der Waals surface area (Å²) in [7, 11) is 0. The fourth-order valence-electron chi connectivity index (χ4n) is 1.36. The van der Waals surface area contributed by atoms with Crippen LogP contribution in [0.5, 0.6) is 5.75 Å². The molecule has 0 aromatic heterocycles. The van der Waals surface area contributed by atoms with Gasteiger partial charge in [-0.2, -0.15) is 0 Å². The fourth-order valence-corrected chi connectivity index (χ4v) is 1.36. The highest BCUT2D eigenvalue weighted by molar-refractivity contribution is 5.93. The van der Waals surface area contributed by atoms with Crippen molar-refractivity contribution >= 4 is 11.9 Å². The normalized spacial score (nSPS) is 11.1. The predicted molar refractivity (Wildman–Crippen MR) is 66.5 cm³/mol. The van der Waals surface area contributed by atoms with E-state index < -0.39 is 11.9 Å². The van der Waals surface area contributed by atoms with Gasteiger partial charge in [-0.05, 0) is 30.7 Å². The topological polar surface area (TPSA) is 89.6 Å². The number of primary amides is 1.